The first-order chi connectivity index (χ1) is 12.4. The molecule has 0 saturated carbocycles. The molecule has 26 heavy (non-hydrogen) atoms. The number of likely N-dealkylation sites (N-methyl/N-ethyl adjacent to an activating group) is 1. The third-order valence-electron chi connectivity index (χ3n) is 4.34. The monoisotopic (exact) mass is 374 g/mol. The van der Waals surface area contributed by atoms with Crippen LogP contribution in [0.3, 0.4) is 0 Å². The number of rotatable bonds is 6. The molecule has 1 amide bonds. The minimum atomic E-state index is -2.95. The summed E-state index contributed by atoms with van der Waals surface area (Å²) < 4.78 is 28.8. The van der Waals surface area contributed by atoms with Crippen molar-refractivity contribution >= 4 is 21.4 Å². The van der Waals surface area contributed by atoms with Crippen LogP contribution in [0, 0.1) is 0 Å². The van der Waals surface area contributed by atoms with Crippen LogP contribution in [0.5, 0.6) is 11.5 Å². The first-order valence-electron chi connectivity index (χ1n) is 8.45. The molecule has 2 aromatic carbocycles. The summed E-state index contributed by atoms with van der Waals surface area (Å²) in [5, 5.41) is 2.82. The highest BCUT2D eigenvalue weighted by molar-refractivity contribution is 7.91. The Morgan fingerprint density at radius 2 is 1.77 bits per heavy atom. The summed E-state index contributed by atoms with van der Waals surface area (Å²) in [7, 11) is -1.17. The lowest BCUT2D eigenvalue weighted by molar-refractivity contribution is -0.117. The van der Waals surface area contributed by atoms with Gasteiger partial charge < -0.3 is 10.1 Å². The fourth-order valence-corrected chi connectivity index (χ4v) is 4.72. The number of amides is 1. The van der Waals surface area contributed by atoms with Gasteiger partial charge in [-0.3, -0.25) is 9.69 Å². The molecule has 3 rings (SSSR count). The summed E-state index contributed by atoms with van der Waals surface area (Å²) in [5.41, 5.74) is 0.669. The molecule has 1 aliphatic heterocycles. The number of para-hydroxylation sites is 1. The van der Waals surface area contributed by atoms with E-state index in [-0.39, 0.29) is 30.0 Å². The molecule has 1 saturated heterocycles. The Hall–Kier alpha value is -2.38. The molecule has 1 unspecified atom stereocenters. The van der Waals surface area contributed by atoms with E-state index >= 15 is 0 Å². The standard InChI is InChI=1S/C19H22N2O4S/c1-21(16-11-12-26(23,24)14-16)13-19(22)20-15-7-9-18(10-8-15)25-17-5-3-2-4-6-17/h2-10,16H,11-14H2,1H3,(H,20,22). The predicted octanol–water partition coefficient (Wildman–Crippen LogP) is 2.54. The van der Waals surface area contributed by atoms with Gasteiger partial charge in [0.1, 0.15) is 11.5 Å². The molecule has 1 N–H and O–H groups in total. The number of carbonyl (C=O) groups is 1. The van der Waals surface area contributed by atoms with Gasteiger partial charge in [0.05, 0.1) is 18.1 Å². The number of benzene rings is 2. The van der Waals surface area contributed by atoms with E-state index in [1.165, 1.54) is 0 Å². The number of sulfone groups is 1. The SMILES string of the molecule is CN(CC(=O)Nc1ccc(Oc2ccccc2)cc1)C1CCS(=O)(=O)C1. The highest BCUT2D eigenvalue weighted by Crippen LogP contribution is 2.22. The van der Waals surface area contributed by atoms with Gasteiger partial charge in [0.15, 0.2) is 9.84 Å². The van der Waals surface area contributed by atoms with Crippen molar-refractivity contribution in [1.29, 1.82) is 0 Å². The van der Waals surface area contributed by atoms with Crippen LogP contribution in [0.4, 0.5) is 5.69 Å². The maximum Gasteiger partial charge on any atom is 0.238 e. The van der Waals surface area contributed by atoms with Crippen molar-refractivity contribution in [1.82, 2.24) is 4.90 Å². The molecule has 1 atom stereocenters. The number of nitrogens with zero attached hydrogens (tertiary/aromatic N) is 1. The second kappa shape index (κ2) is 7.88. The second-order valence-corrected chi connectivity index (χ2v) is 8.69. The maximum absolute atomic E-state index is 12.2. The van der Waals surface area contributed by atoms with Crippen LogP contribution >= 0.6 is 0 Å². The number of nitrogens with one attached hydrogen (secondary N) is 1. The number of ether oxygens (including phenoxy) is 1. The van der Waals surface area contributed by atoms with Crippen LogP contribution in [0.2, 0.25) is 0 Å². The lowest BCUT2D eigenvalue weighted by Gasteiger charge is -2.22. The van der Waals surface area contributed by atoms with E-state index in [0.29, 0.717) is 17.9 Å². The Morgan fingerprint density at radius 1 is 1.12 bits per heavy atom. The molecular weight excluding hydrogens is 352 g/mol. The molecule has 0 spiro atoms. The normalized spacial score (nSPS) is 18.6. The fourth-order valence-electron chi connectivity index (χ4n) is 2.91. The van der Waals surface area contributed by atoms with E-state index in [9.17, 15) is 13.2 Å². The summed E-state index contributed by atoms with van der Waals surface area (Å²) in [6.45, 7) is 0.155. The van der Waals surface area contributed by atoms with Crippen molar-refractivity contribution in [3.63, 3.8) is 0 Å². The van der Waals surface area contributed by atoms with Gasteiger partial charge in [-0.05, 0) is 49.9 Å². The van der Waals surface area contributed by atoms with Crippen LogP contribution in [0.25, 0.3) is 0 Å². The van der Waals surface area contributed by atoms with Gasteiger partial charge >= 0.3 is 0 Å². The van der Waals surface area contributed by atoms with Gasteiger partial charge in [-0.1, -0.05) is 18.2 Å². The largest absolute Gasteiger partial charge is 0.457 e. The quantitative estimate of drug-likeness (QED) is 0.841. The van der Waals surface area contributed by atoms with E-state index in [1.807, 2.05) is 30.3 Å². The van der Waals surface area contributed by atoms with Gasteiger partial charge in [-0.2, -0.15) is 0 Å². The van der Waals surface area contributed by atoms with Gasteiger partial charge in [0, 0.05) is 11.7 Å². The van der Waals surface area contributed by atoms with Crippen molar-refractivity contribution in [2.45, 2.75) is 12.5 Å². The summed E-state index contributed by atoms with van der Waals surface area (Å²) >= 11 is 0. The van der Waals surface area contributed by atoms with Crippen molar-refractivity contribution in [2.75, 3.05) is 30.4 Å². The molecule has 0 bridgehead atoms. The Kier molecular flexibility index (Phi) is 5.58. The number of carbonyl (C=O) groups excluding carboxylic acids is 1. The van der Waals surface area contributed by atoms with E-state index in [2.05, 4.69) is 5.32 Å². The molecule has 138 valence electrons. The van der Waals surface area contributed by atoms with Crippen molar-refractivity contribution in [3.05, 3.63) is 54.6 Å². The minimum Gasteiger partial charge on any atom is -0.457 e. The molecule has 0 radical (unpaired) electrons. The first kappa shape index (κ1) is 18.4. The second-order valence-electron chi connectivity index (χ2n) is 6.46. The van der Waals surface area contributed by atoms with Gasteiger partial charge in [-0.15, -0.1) is 0 Å². The molecule has 0 aliphatic carbocycles. The average Bonchev–Trinajstić information content (AvgIpc) is 2.98. The number of hydrogen-bond acceptors (Lipinski definition) is 5. The lowest BCUT2D eigenvalue weighted by atomic mass is 10.2. The Balaban J connectivity index is 1.51. The maximum atomic E-state index is 12.2. The van der Waals surface area contributed by atoms with Crippen LogP contribution < -0.4 is 10.1 Å². The smallest absolute Gasteiger partial charge is 0.238 e. The molecule has 0 aromatic heterocycles. The molecule has 6 nitrogen and oxygen atoms in total. The van der Waals surface area contributed by atoms with E-state index in [4.69, 9.17) is 4.74 Å². The topological polar surface area (TPSA) is 75.7 Å². The highest BCUT2D eigenvalue weighted by Gasteiger charge is 2.31. The summed E-state index contributed by atoms with van der Waals surface area (Å²) in [5.74, 6) is 1.59. The molecule has 1 fully saturated rings. The molecule has 7 heteroatoms. The van der Waals surface area contributed by atoms with Gasteiger partial charge in [0.25, 0.3) is 0 Å². The number of anilines is 1. The zero-order valence-electron chi connectivity index (χ0n) is 14.6. The van der Waals surface area contributed by atoms with Crippen LogP contribution in [-0.4, -0.2) is 50.4 Å². The van der Waals surface area contributed by atoms with Crippen molar-refractivity contribution < 1.29 is 17.9 Å². The zero-order chi connectivity index (χ0) is 18.6. The molecule has 1 heterocycles. The van der Waals surface area contributed by atoms with Gasteiger partial charge in [-0.25, -0.2) is 8.42 Å². The van der Waals surface area contributed by atoms with E-state index < -0.39 is 9.84 Å². The Bertz CT molecular complexity index is 851. The summed E-state index contributed by atoms with van der Waals surface area (Å²) in [4.78, 5) is 14.0. The van der Waals surface area contributed by atoms with Crippen LogP contribution in [-0.2, 0) is 14.6 Å². The third-order valence-corrected chi connectivity index (χ3v) is 6.09. The van der Waals surface area contributed by atoms with Crippen molar-refractivity contribution in [3.8, 4) is 11.5 Å². The Morgan fingerprint density at radius 3 is 2.38 bits per heavy atom. The predicted molar refractivity (Wildman–Crippen MR) is 101 cm³/mol. The average molecular weight is 374 g/mol. The fraction of sp³-hybridized carbons (Fsp3) is 0.316. The summed E-state index contributed by atoms with van der Waals surface area (Å²) in [6.07, 6.45) is 0.581. The molecular formula is C19H22N2O4S. The third kappa shape index (κ3) is 5.06. The lowest BCUT2D eigenvalue weighted by Crippen LogP contribution is -2.38. The van der Waals surface area contributed by atoms with Gasteiger partial charge in [0.2, 0.25) is 5.91 Å². The number of hydrogen-bond donors (Lipinski definition) is 1. The van der Waals surface area contributed by atoms with Crippen LogP contribution in [0.1, 0.15) is 6.42 Å². The zero-order valence-corrected chi connectivity index (χ0v) is 15.4. The molecule has 1 aliphatic rings. The molecule has 2 aromatic rings. The van der Waals surface area contributed by atoms with Crippen LogP contribution in [0.15, 0.2) is 54.6 Å². The first-order valence-corrected chi connectivity index (χ1v) is 10.3. The van der Waals surface area contributed by atoms with E-state index in [1.54, 1.807) is 36.2 Å². The highest BCUT2D eigenvalue weighted by atomic mass is 32.2. The Labute approximate surface area is 153 Å². The minimum absolute atomic E-state index is 0.0904. The summed E-state index contributed by atoms with van der Waals surface area (Å²) in [6, 6.07) is 16.5. The van der Waals surface area contributed by atoms with E-state index in [0.717, 1.165) is 5.75 Å². The van der Waals surface area contributed by atoms with Crippen molar-refractivity contribution in [2.24, 2.45) is 0 Å².